The van der Waals surface area contributed by atoms with Gasteiger partial charge in [0.15, 0.2) is 0 Å². The van der Waals surface area contributed by atoms with E-state index in [0.717, 1.165) is 0 Å². The summed E-state index contributed by atoms with van der Waals surface area (Å²) in [4.78, 5) is 1.18. The lowest BCUT2D eigenvalue weighted by molar-refractivity contribution is 0.776. The highest BCUT2D eigenvalue weighted by Gasteiger charge is 2.00. The molecule has 0 radical (unpaired) electrons. The third-order valence-electron chi connectivity index (χ3n) is 2.77. The molecule has 0 aliphatic carbocycles. The second-order valence-electron chi connectivity index (χ2n) is 4.17. The SMILES string of the molecule is CCCCc1ccc(CCCC)c(S)c1. The quantitative estimate of drug-likeness (QED) is 0.665. The van der Waals surface area contributed by atoms with Crippen LogP contribution in [0.3, 0.4) is 0 Å². The minimum absolute atomic E-state index is 1.17. The molecule has 1 aromatic rings. The molecule has 0 spiro atoms. The number of aryl methyl sites for hydroxylation is 2. The van der Waals surface area contributed by atoms with E-state index in [1.54, 1.807) is 0 Å². The molecule has 0 aliphatic heterocycles. The fourth-order valence-corrected chi connectivity index (χ4v) is 2.08. The van der Waals surface area contributed by atoms with E-state index in [0.29, 0.717) is 0 Å². The van der Waals surface area contributed by atoms with E-state index in [1.807, 2.05) is 0 Å². The molecule has 15 heavy (non-hydrogen) atoms. The van der Waals surface area contributed by atoms with Gasteiger partial charge < -0.3 is 0 Å². The van der Waals surface area contributed by atoms with Crippen LogP contribution in [0.25, 0.3) is 0 Å². The van der Waals surface area contributed by atoms with Gasteiger partial charge in [0.05, 0.1) is 0 Å². The van der Waals surface area contributed by atoms with Crippen LogP contribution in [0.4, 0.5) is 0 Å². The topological polar surface area (TPSA) is 0 Å². The summed E-state index contributed by atoms with van der Waals surface area (Å²) in [5.74, 6) is 0. The van der Waals surface area contributed by atoms with E-state index in [4.69, 9.17) is 0 Å². The van der Waals surface area contributed by atoms with Crippen molar-refractivity contribution in [2.24, 2.45) is 0 Å². The summed E-state index contributed by atoms with van der Waals surface area (Å²) in [6.45, 7) is 4.46. The number of unbranched alkanes of at least 4 members (excludes halogenated alkanes) is 2. The van der Waals surface area contributed by atoms with Gasteiger partial charge in [-0.2, -0.15) is 0 Å². The van der Waals surface area contributed by atoms with Crippen molar-refractivity contribution in [2.75, 3.05) is 0 Å². The number of hydrogen-bond acceptors (Lipinski definition) is 1. The number of rotatable bonds is 6. The fourth-order valence-electron chi connectivity index (χ4n) is 1.72. The lowest BCUT2D eigenvalue weighted by Crippen LogP contribution is -1.90. The summed E-state index contributed by atoms with van der Waals surface area (Å²) in [5.41, 5.74) is 2.84. The monoisotopic (exact) mass is 222 g/mol. The summed E-state index contributed by atoms with van der Waals surface area (Å²) < 4.78 is 0. The Balaban J connectivity index is 2.61. The Labute approximate surface area is 99.5 Å². The van der Waals surface area contributed by atoms with Crippen LogP contribution < -0.4 is 0 Å². The molecule has 0 bridgehead atoms. The van der Waals surface area contributed by atoms with E-state index in [2.05, 4.69) is 44.7 Å². The van der Waals surface area contributed by atoms with E-state index >= 15 is 0 Å². The van der Waals surface area contributed by atoms with Crippen LogP contribution in [0.15, 0.2) is 23.1 Å². The molecule has 1 aromatic carbocycles. The first kappa shape index (κ1) is 12.6. The maximum atomic E-state index is 4.56. The maximum Gasteiger partial charge on any atom is 0.00747 e. The summed E-state index contributed by atoms with van der Waals surface area (Å²) in [6.07, 6.45) is 7.43. The number of benzene rings is 1. The Bertz CT molecular complexity index is 291. The Morgan fingerprint density at radius 3 is 2.27 bits per heavy atom. The van der Waals surface area contributed by atoms with Gasteiger partial charge in [0.2, 0.25) is 0 Å². The number of thiol groups is 1. The zero-order chi connectivity index (χ0) is 11.1. The van der Waals surface area contributed by atoms with E-state index < -0.39 is 0 Å². The van der Waals surface area contributed by atoms with Gasteiger partial charge in [0.25, 0.3) is 0 Å². The Hall–Kier alpha value is -0.430. The van der Waals surface area contributed by atoms with Gasteiger partial charge >= 0.3 is 0 Å². The second kappa shape index (κ2) is 6.95. The van der Waals surface area contributed by atoms with Crippen molar-refractivity contribution in [3.8, 4) is 0 Å². The molecule has 0 unspecified atom stereocenters. The molecule has 0 atom stereocenters. The molecular weight excluding hydrogens is 200 g/mol. The zero-order valence-electron chi connectivity index (χ0n) is 9.92. The first-order chi connectivity index (χ1) is 7.27. The highest BCUT2D eigenvalue weighted by atomic mass is 32.1. The maximum absolute atomic E-state index is 4.56. The largest absolute Gasteiger partial charge is 0.143 e. The van der Waals surface area contributed by atoms with Crippen LogP contribution in [0, 0.1) is 0 Å². The third kappa shape index (κ3) is 4.29. The predicted molar refractivity (Wildman–Crippen MR) is 70.9 cm³/mol. The molecule has 1 heteroatoms. The Kier molecular flexibility index (Phi) is 5.85. The standard InChI is InChI=1S/C14H22S/c1-3-5-7-12-9-10-13(8-6-4-2)14(15)11-12/h9-11,15H,3-8H2,1-2H3. The van der Waals surface area contributed by atoms with Crippen molar-refractivity contribution in [3.05, 3.63) is 29.3 Å². The highest BCUT2D eigenvalue weighted by molar-refractivity contribution is 7.80. The predicted octanol–water partition coefficient (Wildman–Crippen LogP) is 4.66. The summed E-state index contributed by atoms with van der Waals surface area (Å²) >= 11 is 4.56. The van der Waals surface area contributed by atoms with Crippen LogP contribution in [0.2, 0.25) is 0 Å². The second-order valence-corrected chi connectivity index (χ2v) is 4.65. The van der Waals surface area contributed by atoms with Crippen LogP contribution in [0.5, 0.6) is 0 Å². The molecule has 0 saturated carbocycles. The van der Waals surface area contributed by atoms with Gasteiger partial charge in [-0.3, -0.25) is 0 Å². The molecule has 84 valence electrons. The third-order valence-corrected chi connectivity index (χ3v) is 3.18. The molecule has 0 fully saturated rings. The normalized spacial score (nSPS) is 10.6. The molecule has 0 saturated heterocycles. The molecule has 1 rings (SSSR count). The summed E-state index contributed by atoms with van der Waals surface area (Å²) in [5, 5.41) is 0. The molecule has 0 nitrogen and oxygen atoms in total. The Morgan fingerprint density at radius 1 is 1.00 bits per heavy atom. The van der Waals surface area contributed by atoms with Crippen molar-refractivity contribution in [1.82, 2.24) is 0 Å². The van der Waals surface area contributed by atoms with E-state index in [9.17, 15) is 0 Å². The molecule has 0 heterocycles. The van der Waals surface area contributed by atoms with Gasteiger partial charge in [0, 0.05) is 4.90 Å². The molecular formula is C14H22S. The van der Waals surface area contributed by atoms with Crippen molar-refractivity contribution >= 4 is 12.6 Å². The van der Waals surface area contributed by atoms with E-state index in [1.165, 1.54) is 54.5 Å². The lowest BCUT2D eigenvalue weighted by Gasteiger charge is -2.07. The van der Waals surface area contributed by atoms with Gasteiger partial charge in [-0.1, -0.05) is 38.8 Å². The summed E-state index contributed by atoms with van der Waals surface area (Å²) in [6, 6.07) is 6.76. The number of hydrogen-bond donors (Lipinski definition) is 1. The highest BCUT2D eigenvalue weighted by Crippen LogP contribution is 2.19. The van der Waals surface area contributed by atoms with Crippen LogP contribution in [-0.2, 0) is 12.8 Å². The zero-order valence-corrected chi connectivity index (χ0v) is 10.8. The first-order valence-electron chi connectivity index (χ1n) is 6.08. The van der Waals surface area contributed by atoms with Crippen molar-refractivity contribution in [1.29, 1.82) is 0 Å². The van der Waals surface area contributed by atoms with Crippen molar-refractivity contribution in [3.63, 3.8) is 0 Å². The summed E-state index contributed by atoms with van der Waals surface area (Å²) in [7, 11) is 0. The minimum Gasteiger partial charge on any atom is -0.143 e. The molecule has 0 aliphatic rings. The smallest absolute Gasteiger partial charge is 0.00747 e. The van der Waals surface area contributed by atoms with Crippen molar-refractivity contribution < 1.29 is 0 Å². The lowest BCUT2D eigenvalue weighted by atomic mass is 10.0. The minimum atomic E-state index is 1.17. The average molecular weight is 222 g/mol. The van der Waals surface area contributed by atoms with Gasteiger partial charge in [0.1, 0.15) is 0 Å². The Morgan fingerprint density at radius 2 is 1.67 bits per heavy atom. The van der Waals surface area contributed by atoms with Crippen LogP contribution in [0.1, 0.15) is 50.7 Å². The van der Waals surface area contributed by atoms with Crippen LogP contribution in [-0.4, -0.2) is 0 Å². The van der Waals surface area contributed by atoms with Gasteiger partial charge in [-0.15, -0.1) is 12.6 Å². The fraction of sp³-hybridized carbons (Fsp3) is 0.571. The average Bonchev–Trinajstić information content (AvgIpc) is 2.25. The molecule has 0 N–H and O–H groups in total. The van der Waals surface area contributed by atoms with Crippen molar-refractivity contribution in [2.45, 2.75) is 57.3 Å². The van der Waals surface area contributed by atoms with Crippen LogP contribution >= 0.6 is 12.6 Å². The van der Waals surface area contributed by atoms with E-state index in [-0.39, 0.29) is 0 Å². The van der Waals surface area contributed by atoms with Gasteiger partial charge in [-0.05, 0) is 42.9 Å². The molecule has 0 amide bonds. The molecule has 0 aromatic heterocycles. The van der Waals surface area contributed by atoms with Gasteiger partial charge in [-0.25, -0.2) is 0 Å². The first-order valence-corrected chi connectivity index (χ1v) is 6.53.